The fourth-order valence-electron chi connectivity index (χ4n) is 1.85. The lowest BCUT2D eigenvalue weighted by Crippen LogP contribution is -2.12. The summed E-state index contributed by atoms with van der Waals surface area (Å²) in [5.74, 6) is 1.34. The van der Waals surface area contributed by atoms with Gasteiger partial charge in [-0.15, -0.1) is 0 Å². The van der Waals surface area contributed by atoms with Gasteiger partial charge in [-0.05, 0) is 24.8 Å². The Kier molecular flexibility index (Phi) is 6.73. The molecule has 102 valence electrons. The van der Waals surface area contributed by atoms with Crippen molar-refractivity contribution in [2.24, 2.45) is 11.7 Å². The van der Waals surface area contributed by atoms with E-state index in [1.807, 2.05) is 19.1 Å². The van der Waals surface area contributed by atoms with Crippen LogP contribution in [-0.2, 0) is 0 Å². The molecule has 1 rings (SSSR count). The van der Waals surface area contributed by atoms with Gasteiger partial charge in [-0.2, -0.15) is 0 Å². The highest BCUT2D eigenvalue weighted by Gasteiger charge is 2.07. The van der Waals surface area contributed by atoms with Crippen LogP contribution in [0.15, 0.2) is 18.3 Å². The highest BCUT2D eigenvalue weighted by Crippen LogP contribution is 2.16. The summed E-state index contributed by atoms with van der Waals surface area (Å²) in [6.45, 7) is 7.16. The number of ether oxygens (including phenoxy) is 1. The molecule has 0 saturated carbocycles. The topological polar surface area (TPSA) is 48.1 Å². The minimum Gasteiger partial charge on any atom is -0.477 e. The summed E-state index contributed by atoms with van der Waals surface area (Å²) in [5, 5.41) is 0. The van der Waals surface area contributed by atoms with Gasteiger partial charge in [0.1, 0.15) is 0 Å². The fourth-order valence-corrected chi connectivity index (χ4v) is 1.85. The maximum atomic E-state index is 5.78. The molecule has 0 fully saturated rings. The molecule has 3 nitrogen and oxygen atoms in total. The Labute approximate surface area is 111 Å². The molecule has 0 aliphatic heterocycles. The fraction of sp³-hybridized carbons (Fsp3) is 0.667. The first-order valence-electron chi connectivity index (χ1n) is 7.01. The van der Waals surface area contributed by atoms with Gasteiger partial charge >= 0.3 is 0 Å². The summed E-state index contributed by atoms with van der Waals surface area (Å²) >= 11 is 0. The zero-order valence-electron chi connectivity index (χ0n) is 11.9. The van der Waals surface area contributed by atoms with Gasteiger partial charge in [0.15, 0.2) is 0 Å². The summed E-state index contributed by atoms with van der Waals surface area (Å²) in [4.78, 5) is 4.28. The molecule has 1 heterocycles. The van der Waals surface area contributed by atoms with Gasteiger partial charge in [-0.3, -0.25) is 0 Å². The van der Waals surface area contributed by atoms with Gasteiger partial charge in [0.25, 0.3) is 0 Å². The van der Waals surface area contributed by atoms with Crippen molar-refractivity contribution in [3.8, 4) is 5.88 Å². The van der Waals surface area contributed by atoms with Crippen LogP contribution in [0.4, 0.5) is 0 Å². The largest absolute Gasteiger partial charge is 0.477 e. The Hall–Kier alpha value is -1.09. The number of rotatable bonds is 8. The monoisotopic (exact) mass is 250 g/mol. The lowest BCUT2D eigenvalue weighted by Gasteiger charge is -2.15. The molecule has 0 aliphatic carbocycles. The van der Waals surface area contributed by atoms with Crippen LogP contribution in [0, 0.1) is 5.92 Å². The first kappa shape index (κ1) is 15.0. The number of unbranched alkanes of at least 4 members (excludes halogenated alkanes) is 1. The maximum Gasteiger partial charge on any atom is 0.213 e. The average Bonchev–Trinajstić information content (AvgIpc) is 2.39. The van der Waals surface area contributed by atoms with Crippen molar-refractivity contribution in [2.45, 2.75) is 52.5 Å². The molecule has 0 radical (unpaired) electrons. The van der Waals surface area contributed by atoms with Crippen molar-refractivity contribution >= 4 is 0 Å². The summed E-state index contributed by atoms with van der Waals surface area (Å²) in [6.07, 6.45) is 6.73. The van der Waals surface area contributed by atoms with Gasteiger partial charge in [0.2, 0.25) is 5.88 Å². The van der Waals surface area contributed by atoms with Crippen LogP contribution in [0.1, 0.15) is 58.1 Å². The Balaban J connectivity index is 2.42. The van der Waals surface area contributed by atoms with E-state index in [4.69, 9.17) is 10.5 Å². The molecule has 2 atom stereocenters. The van der Waals surface area contributed by atoms with Crippen molar-refractivity contribution in [2.75, 3.05) is 6.61 Å². The third-order valence-electron chi connectivity index (χ3n) is 3.30. The summed E-state index contributed by atoms with van der Waals surface area (Å²) < 4.78 is 5.74. The normalized spacial score (nSPS) is 14.2. The second-order valence-electron chi connectivity index (χ2n) is 4.95. The Bertz CT molecular complexity index is 322. The standard InChI is InChI=1S/C15H26N2O/c1-4-6-7-13(5-2)11-18-15-9-8-14(10-17-15)12(3)16/h8-10,12-13H,4-7,11,16H2,1-3H3/t12-,13?/m0/s1. The molecule has 1 unspecified atom stereocenters. The van der Waals surface area contributed by atoms with E-state index in [9.17, 15) is 0 Å². The van der Waals surface area contributed by atoms with Crippen molar-refractivity contribution in [3.63, 3.8) is 0 Å². The third kappa shape index (κ3) is 5.05. The quantitative estimate of drug-likeness (QED) is 0.765. The third-order valence-corrected chi connectivity index (χ3v) is 3.30. The number of aromatic nitrogens is 1. The van der Waals surface area contributed by atoms with Crippen molar-refractivity contribution in [3.05, 3.63) is 23.9 Å². The molecular weight excluding hydrogens is 224 g/mol. The number of hydrogen-bond acceptors (Lipinski definition) is 3. The molecule has 1 aromatic heterocycles. The maximum absolute atomic E-state index is 5.78. The predicted molar refractivity (Wildman–Crippen MR) is 75.6 cm³/mol. The Morgan fingerprint density at radius 1 is 1.33 bits per heavy atom. The van der Waals surface area contributed by atoms with Gasteiger partial charge in [-0.25, -0.2) is 4.98 Å². The molecule has 2 N–H and O–H groups in total. The van der Waals surface area contributed by atoms with Crippen LogP contribution in [0.25, 0.3) is 0 Å². The molecule has 0 amide bonds. The first-order valence-corrected chi connectivity index (χ1v) is 7.01. The highest BCUT2D eigenvalue weighted by atomic mass is 16.5. The van der Waals surface area contributed by atoms with Crippen LogP contribution in [0.5, 0.6) is 5.88 Å². The van der Waals surface area contributed by atoms with Gasteiger partial charge in [-0.1, -0.05) is 39.2 Å². The first-order chi connectivity index (χ1) is 8.67. The molecule has 0 spiro atoms. The smallest absolute Gasteiger partial charge is 0.213 e. The highest BCUT2D eigenvalue weighted by molar-refractivity contribution is 5.19. The zero-order valence-corrected chi connectivity index (χ0v) is 11.9. The van der Waals surface area contributed by atoms with Crippen molar-refractivity contribution < 1.29 is 4.74 Å². The molecular formula is C15H26N2O. The van der Waals surface area contributed by atoms with Gasteiger partial charge < -0.3 is 10.5 Å². The predicted octanol–water partition coefficient (Wildman–Crippen LogP) is 3.70. The minimum atomic E-state index is 0.0273. The van der Waals surface area contributed by atoms with E-state index in [2.05, 4.69) is 18.8 Å². The Morgan fingerprint density at radius 3 is 2.61 bits per heavy atom. The van der Waals surface area contributed by atoms with E-state index in [0.717, 1.165) is 18.6 Å². The van der Waals surface area contributed by atoms with E-state index in [-0.39, 0.29) is 6.04 Å². The minimum absolute atomic E-state index is 0.0273. The van der Waals surface area contributed by atoms with E-state index in [0.29, 0.717) is 11.8 Å². The van der Waals surface area contributed by atoms with Crippen LogP contribution in [0.3, 0.4) is 0 Å². The van der Waals surface area contributed by atoms with Crippen molar-refractivity contribution in [1.29, 1.82) is 0 Å². The summed E-state index contributed by atoms with van der Waals surface area (Å²) in [6, 6.07) is 3.92. The second kappa shape index (κ2) is 8.09. The summed E-state index contributed by atoms with van der Waals surface area (Å²) in [7, 11) is 0. The average molecular weight is 250 g/mol. The van der Waals surface area contributed by atoms with Crippen LogP contribution < -0.4 is 10.5 Å². The molecule has 1 aromatic rings. The van der Waals surface area contributed by atoms with Crippen LogP contribution in [-0.4, -0.2) is 11.6 Å². The van der Waals surface area contributed by atoms with E-state index in [1.165, 1.54) is 19.3 Å². The number of nitrogens with two attached hydrogens (primary N) is 1. The summed E-state index contributed by atoms with van der Waals surface area (Å²) in [5.41, 5.74) is 6.82. The van der Waals surface area contributed by atoms with E-state index >= 15 is 0 Å². The number of pyridine rings is 1. The second-order valence-corrected chi connectivity index (χ2v) is 4.95. The molecule has 0 aliphatic rings. The number of hydrogen-bond donors (Lipinski definition) is 1. The SMILES string of the molecule is CCCCC(CC)COc1ccc([C@H](C)N)cn1. The van der Waals surface area contributed by atoms with E-state index in [1.54, 1.807) is 6.20 Å². The van der Waals surface area contributed by atoms with Gasteiger partial charge in [0, 0.05) is 18.3 Å². The van der Waals surface area contributed by atoms with Gasteiger partial charge in [0.05, 0.1) is 6.61 Å². The molecule has 3 heteroatoms. The van der Waals surface area contributed by atoms with Crippen LogP contribution >= 0.6 is 0 Å². The molecule has 0 aromatic carbocycles. The number of nitrogens with zero attached hydrogens (tertiary/aromatic N) is 1. The Morgan fingerprint density at radius 2 is 2.11 bits per heavy atom. The van der Waals surface area contributed by atoms with E-state index < -0.39 is 0 Å². The molecule has 18 heavy (non-hydrogen) atoms. The van der Waals surface area contributed by atoms with Crippen LogP contribution in [0.2, 0.25) is 0 Å². The lowest BCUT2D eigenvalue weighted by atomic mass is 10.0. The molecule has 0 bridgehead atoms. The zero-order chi connectivity index (χ0) is 13.4. The van der Waals surface area contributed by atoms with Crippen molar-refractivity contribution in [1.82, 2.24) is 4.98 Å². The lowest BCUT2D eigenvalue weighted by molar-refractivity contribution is 0.226. The molecule has 0 saturated heterocycles.